The molecular weight excluding hydrogens is 374 g/mol. The Bertz CT molecular complexity index is 1100. The monoisotopic (exact) mass is 401 g/mol. The fourth-order valence-corrected chi connectivity index (χ4v) is 4.98. The summed E-state index contributed by atoms with van der Waals surface area (Å²) in [5.74, 6) is 3.10. The van der Waals surface area contributed by atoms with Crippen LogP contribution in [0.2, 0.25) is 0 Å². The molecule has 1 aliphatic carbocycles. The third kappa shape index (κ3) is 3.47. The highest BCUT2D eigenvalue weighted by Crippen LogP contribution is 2.37. The highest BCUT2D eigenvalue weighted by Gasteiger charge is 2.32. The van der Waals surface area contributed by atoms with E-state index in [1.165, 1.54) is 32.1 Å². The van der Waals surface area contributed by atoms with Crippen LogP contribution in [0.4, 0.5) is 17.5 Å². The van der Waals surface area contributed by atoms with Gasteiger partial charge in [-0.1, -0.05) is 25.3 Å². The third-order valence-corrected chi connectivity index (χ3v) is 6.62. The Morgan fingerprint density at radius 2 is 2.03 bits per heavy atom. The van der Waals surface area contributed by atoms with Crippen molar-refractivity contribution in [3.05, 3.63) is 36.2 Å². The molecule has 7 heteroatoms. The molecule has 1 aliphatic heterocycles. The SMILES string of the molecule is CCn1cnc2c(Nc3cccc(C#N)c3)nc(N3CC[C@H]4CCCC[C@@H]4C3)nc21. The largest absolute Gasteiger partial charge is 0.340 e. The maximum Gasteiger partial charge on any atom is 0.229 e. The summed E-state index contributed by atoms with van der Waals surface area (Å²) in [6.45, 7) is 4.96. The van der Waals surface area contributed by atoms with Crippen molar-refractivity contribution >= 4 is 28.6 Å². The van der Waals surface area contributed by atoms with Gasteiger partial charge >= 0.3 is 0 Å². The first-order valence-electron chi connectivity index (χ1n) is 11.0. The van der Waals surface area contributed by atoms with E-state index in [1.54, 1.807) is 6.07 Å². The Hall–Kier alpha value is -3.14. The molecule has 7 nitrogen and oxygen atoms in total. The van der Waals surface area contributed by atoms with E-state index in [9.17, 15) is 5.26 Å². The van der Waals surface area contributed by atoms with E-state index in [0.29, 0.717) is 11.4 Å². The van der Waals surface area contributed by atoms with Crippen LogP contribution in [-0.2, 0) is 6.54 Å². The van der Waals surface area contributed by atoms with E-state index in [2.05, 4.69) is 32.8 Å². The van der Waals surface area contributed by atoms with Gasteiger partial charge in [0.05, 0.1) is 18.0 Å². The maximum atomic E-state index is 9.22. The molecule has 154 valence electrons. The number of hydrogen-bond acceptors (Lipinski definition) is 6. The van der Waals surface area contributed by atoms with Gasteiger partial charge in [0.25, 0.3) is 0 Å². The predicted octanol–water partition coefficient (Wildman–Crippen LogP) is 4.48. The molecule has 1 N–H and O–H groups in total. The van der Waals surface area contributed by atoms with Gasteiger partial charge in [-0.15, -0.1) is 0 Å². The number of aromatic nitrogens is 4. The Labute approximate surface area is 176 Å². The number of benzene rings is 1. The summed E-state index contributed by atoms with van der Waals surface area (Å²) >= 11 is 0. The van der Waals surface area contributed by atoms with E-state index >= 15 is 0 Å². The van der Waals surface area contributed by atoms with E-state index < -0.39 is 0 Å². The minimum atomic E-state index is 0.615. The molecule has 1 saturated carbocycles. The third-order valence-electron chi connectivity index (χ3n) is 6.62. The van der Waals surface area contributed by atoms with Crippen LogP contribution >= 0.6 is 0 Å². The lowest BCUT2D eigenvalue weighted by molar-refractivity contribution is 0.201. The zero-order chi connectivity index (χ0) is 20.5. The maximum absolute atomic E-state index is 9.22. The number of nitrogens with zero attached hydrogens (tertiary/aromatic N) is 6. The highest BCUT2D eigenvalue weighted by atomic mass is 15.3. The first-order valence-corrected chi connectivity index (χ1v) is 11.0. The number of imidazole rings is 1. The van der Waals surface area contributed by atoms with Crippen LogP contribution in [-0.4, -0.2) is 32.6 Å². The van der Waals surface area contributed by atoms with Crippen LogP contribution in [0.5, 0.6) is 0 Å². The Morgan fingerprint density at radius 1 is 1.17 bits per heavy atom. The van der Waals surface area contributed by atoms with E-state index in [-0.39, 0.29) is 0 Å². The zero-order valence-corrected chi connectivity index (χ0v) is 17.4. The van der Waals surface area contributed by atoms with Crippen molar-refractivity contribution in [1.82, 2.24) is 19.5 Å². The molecule has 2 aliphatic rings. The molecular formula is C23H27N7. The van der Waals surface area contributed by atoms with Crippen LogP contribution < -0.4 is 10.2 Å². The second kappa shape index (κ2) is 7.94. The number of piperidine rings is 1. The molecule has 0 unspecified atom stereocenters. The molecule has 1 aromatic carbocycles. The first-order chi connectivity index (χ1) is 14.7. The first kappa shape index (κ1) is 18.9. The molecule has 2 aromatic heterocycles. The summed E-state index contributed by atoms with van der Waals surface area (Å²) in [7, 11) is 0. The molecule has 5 rings (SSSR count). The van der Waals surface area contributed by atoms with Crippen LogP contribution in [0.15, 0.2) is 30.6 Å². The average Bonchev–Trinajstić information content (AvgIpc) is 3.22. The summed E-state index contributed by atoms with van der Waals surface area (Å²) in [5.41, 5.74) is 3.06. The lowest BCUT2D eigenvalue weighted by atomic mass is 9.75. The van der Waals surface area contributed by atoms with Gasteiger partial charge in [-0.3, -0.25) is 0 Å². The molecule has 2 atom stereocenters. The molecule has 0 radical (unpaired) electrons. The van der Waals surface area contributed by atoms with E-state index in [4.69, 9.17) is 9.97 Å². The van der Waals surface area contributed by atoms with E-state index in [0.717, 1.165) is 54.3 Å². The number of hydrogen-bond donors (Lipinski definition) is 1. The number of nitriles is 1. The van der Waals surface area contributed by atoms with Crippen molar-refractivity contribution in [3.63, 3.8) is 0 Å². The average molecular weight is 402 g/mol. The van der Waals surface area contributed by atoms with Crippen molar-refractivity contribution < 1.29 is 0 Å². The number of fused-ring (bicyclic) bond motifs is 2. The second-order valence-corrected chi connectivity index (χ2v) is 8.43. The van der Waals surface area contributed by atoms with Crippen LogP contribution in [0.1, 0.15) is 44.6 Å². The molecule has 0 amide bonds. The smallest absolute Gasteiger partial charge is 0.229 e. The van der Waals surface area contributed by atoms with Gasteiger partial charge < -0.3 is 14.8 Å². The van der Waals surface area contributed by atoms with Gasteiger partial charge in [-0.05, 0) is 49.8 Å². The summed E-state index contributed by atoms with van der Waals surface area (Å²) < 4.78 is 2.06. The van der Waals surface area contributed by atoms with Gasteiger partial charge in [0.2, 0.25) is 5.95 Å². The zero-order valence-electron chi connectivity index (χ0n) is 17.4. The fraction of sp³-hybridized carbons (Fsp3) is 0.478. The van der Waals surface area contributed by atoms with Crippen LogP contribution in [0.3, 0.4) is 0 Å². The lowest BCUT2D eigenvalue weighted by Crippen LogP contribution is -2.42. The van der Waals surface area contributed by atoms with Crippen molar-refractivity contribution in [2.75, 3.05) is 23.3 Å². The van der Waals surface area contributed by atoms with Crippen LogP contribution in [0.25, 0.3) is 11.2 Å². The minimum Gasteiger partial charge on any atom is -0.340 e. The number of nitrogens with one attached hydrogen (secondary N) is 1. The normalized spacial score (nSPS) is 21.3. The van der Waals surface area contributed by atoms with Crippen molar-refractivity contribution in [2.45, 2.75) is 45.6 Å². The summed E-state index contributed by atoms with van der Waals surface area (Å²) in [6, 6.07) is 9.64. The fourth-order valence-electron chi connectivity index (χ4n) is 4.98. The molecule has 1 saturated heterocycles. The highest BCUT2D eigenvalue weighted by molar-refractivity contribution is 5.86. The molecule has 3 aromatic rings. The van der Waals surface area contributed by atoms with E-state index in [1.807, 2.05) is 24.5 Å². The summed E-state index contributed by atoms with van der Waals surface area (Å²) in [5, 5.41) is 12.6. The van der Waals surface area contributed by atoms with Gasteiger partial charge in [-0.2, -0.15) is 15.2 Å². The summed E-state index contributed by atoms with van der Waals surface area (Å²) in [6.07, 6.45) is 8.49. The number of aryl methyl sites for hydroxylation is 1. The minimum absolute atomic E-state index is 0.615. The predicted molar refractivity (Wildman–Crippen MR) is 118 cm³/mol. The Kier molecular flexibility index (Phi) is 4.99. The van der Waals surface area contributed by atoms with Gasteiger partial charge in [0.15, 0.2) is 17.0 Å². The van der Waals surface area contributed by atoms with Crippen LogP contribution in [0, 0.1) is 23.2 Å². The summed E-state index contributed by atoms with van der Waals surface area (Å²) in [4.78, 5) is 16.8. The number of rotatable bonds is 4. The lowest BCUT2D eigenvalue weighted by Gasteiger charge is -2.41. The molecule has 3 heterocycles. The van der Waals surface area contributed by atoms with Gasteiger partial charge in [0.1, 0.15) is 0 Å². The van der Waals surface area contributed by atoms with Gasteiger partial charge in [0, 0.05) is 25.3 Å². The van der Waals surface area contributed by atoms with Gasteiger partial charge in [-0.25, -0.2) is 4.98 Å². The van der Waals surface area contributed by atoms with Crippen molar-refractivity contribution in [1.29, 1.82) is 5.26 Å². The Morgan fingerprint density at radius 3 is 2.87 bits per heavy atom. The molecule has 30 heavy (non-hydrogen) atoms. The molecule has 0 spiro atoms. The topological polar surface area (TPSA) is 82.7 Å². The number of anilines is 3. The standard InChI is InChI=1S/C23H27N7/c1-2-29-15-25-20-21(26-19-9-5-6-16(12-19)13-24)27-23(28-22(20)29)30-11-10-17-7-3-4-8-18(17)14-30/h5-6,9,12,15,17-18H,2-4,7-8,10-11,14H2,1H3,(H,26,27,28)/t17-,18-/m1/s1. The Balaban J connectivity index is 1.52. The van der Waals surface area contributed by atoms with Crippen molar-refractivity contribution in [3.8, 4) is 6.07 Å². The quantitative estimate of drug-likeness (QED) is 0.694. The van der Waals surface area contributed by atoms with Crippen molar-refractivity contribution in [2.24, 2.45) is 11.8 Å². The second-order valence-electron chi connectivity index (χ2n) is 8.43. The molecule has 0 bridgehead atoms. The molecule has 2 fully saturated rings.